The van der Waals surface area contributed by atoms with Crippen molar-refractivity contribution >= 4 is 25.6 Å². The van der Waals surface area contributed by atoms with E-state index in [-0.39, 0.29) is 24.1 Å². The molecule has 1 aliphatic heterocycles. The molecule has 20 heavy (non-hydrogen) atoms. The van der Waals surface area contributed by atoms with Gasteiger partial charge in [-0.2, -0.15) is 0 Å². The second-order valence-electron chi connectivity index (χ2n) is 5.21. The van der Waals surface area contributed by atoms with E-state index in [1.54, 1.807) is 0 Å². The van der Waals surface area contributed by atoms with Crippen molar-refractivity contribution in [1.29, 1.82) is 0 Å². The number of likely N-dealkylation sites (tertiary alicyclic amines) is 1. The smallest absolute Gasteiger partial charge is 0.229 e. The lowest BCUT2D eigenvalue weighted by molar-refractivity contribution is -0.138. The average molecular weight is 278 g/mol. The van der Waals surface area contributed by atoms with Gasteiger partial charge in [0.25, 0.3) is 0 Å². The van der Waals surface area contributed by atoms with Gasteiger partial charge < -0.3 is 5.32 Å². The van der Waals surface area contributed by atoms with Crippen LogP contribution in [-0.4, -0.2) is 43.6 Å². The van der Waals surface area contributed by atoms with Crippen LogP contribution in [0.4, 0.5) is 0 Å². The van der Waals surface area contributed by atoms with Crippen LogP contribution >= 0.6 is 0 Å². The largest absolute Gasteiger partial charge is 0.356 e. The van der Waals surface area contributed by atoms with Gasteiger partial charge in [-0.1, -0.05) is 19.8 Å². The van der Waals surface area contributed by atoms with E-state index in [0.717, 1.165) is 38.6 Å². The van der Waals surface area contributed by atoms with Crippen molar-refractivity contribution in [1.82, 2.24) is 10.2 Å². The molecule has 5 nitrogen and oxygen atoms in total. The van der Waals surface area contributed by atoms with E-state index in [0.29, 0.717) is 13.0 Å². The van der Waals surface area contributed by atoms with Crippen LogP contribution in [0.3, 0.4) is 0 Å². The van der Waals surface area contributed by atoms with Gasteiger partial charge in [0.2, 0.25) is 17.7 Å². The predicted octanol–water partition coefficient (Wildman–Crippen LogP) is 1.18. The molecule has 0 aromatic carbocycles. The second-order valence-corrected chi connectivity index (χ2v) is 5.21. The maximum atomic E-state index is 11.6. The average Bonchev–Trinajstić information content (AvgIpc) is 2.64. The van der Waals surface area contributed by atoms with Crippen LogP contribution < -0.4 is 5.32 Å². The number of carbonyl (C=O) groups excluding carboxylic acids is 3. The first kappa shape index (κ1) is 16.7. The van der Waals surface area contributed by atoms with E-state index >= 15 is 0 Å². The molecule has 1 heterocycles. The van der Waals surface area contributed by atoms with Crippen molar-refractivity contribution < 1.29 is 14.4 Å². The van der Waals surface area contributed by atoms with E-state index < -0.39 is 5.82 Å². The van der Waals surface area contributed by atoms with Gasteiger partial charge in [0.05, 0.1) is 7.85 Å². The third kappa shape index (κ3) is 5.35. The van der Waals surface area contributed by atoms with Crippen LogP contribution in [0.15, 0.2) is 0 Å². The van der Waals surface area contributed by atoms with Crippen molar-refractivity contribution in [3.8, 4) is 0 Å². The number of hydrogen-bond donors (Lipinski definition) is 1. The number of unbranched alkanes of at least 4 members (excludes halogenated alkanes) is 3. The van der Waals surface area contributed by atoms with Crippen LogP contribution in [0, 0.1) is 0 Å². The Morgan fingerprint density at radius 3 is 2.65 bits per heavy atom. The highest BCUT2D eigenvalue weighted by molar-refractivity contribution is 6.29. The lowest BCUT2D eigenvalue weighted by Gasteiger charge is -2.14. The third-order valence-corrected chi connectivity index (χ3v) is 3.42. The summed E-state index contributed by atoms with van der Waals surface area (Å²) in [6.45, 7) is 3.24. The van der Waals surface area contributed by atoms with Gasteiger partial charge in [-0.3, -0.25) is 19.3 Å². The summed E-state index contributed by atoms with van der Waals surface area (Å²) in [7, 11) is 5.52. The summed E-state index contributed by atoms with van der Waals surface area (Å²) in [5, 5.41) is 2.86. The normalized spacial score (nSPS) is 18.6. The SMILES string of the molecule is [B]C1CC(=O)N(CCCCCC(=O)NCCCC)C1=O. The molecule has 6 heteroatoms. The zero-order valence-electron chi connectivity index (χ0n) is 12.2. The van der Waals surface area contributed by atoms with E-state index in [1.165, 1.54) is 4.90 Å². The van der Waals surface area contributed by atoms with Gasteiger partial charge in [0, 0.05) is 31.7 Å². The Hall–Kier alpha value is -1.33. The zero-order chi connectivity index (χ0) is 15.0. The van der Waals surface area contributed by atoms with Crippen molar-refractivity contribution in [3.05, 3.63) is 0 Å². The molecule has 3 amide bonds. The molecule has 1 unspecified atom stereocenters. The number of imide groups is 1. The second kappa shape index (κ2) is 8.77. The molecule has 1 saturated heterocycles. The molecule has 1 aliphatic rings. The molecule has 1 fully saturated rings. The molecule has 0 aromatic heterocycles. The van der Waals surface area contributed by atoms with Gasteiger partial charge in [0.15, 0.2) is 0 Å². The van der Waals surface area contributed by atoms with E-state index in [4.69, 9.17) is 7.85 Å². The Balaban J connectivity index is 2.06. The number of nitrogens with one attached hydrogen (secondary N) is 1. The van der Waals surface area contributed by atoms with Crippen LogP contribution in [0.25, 0.3) is 0 Å². The molecule has 0 spiro atoms. The molecule has 1 atom stereocenters. The third-order valence-electron chi connectivity index (χ3n) is 3.42. The fourth-order valence-electron chi connectivity index (χ4n) is 2.17. The number of amides is 3. The quantitative estimate of drug-likeness (QED) is 0.391. The van der Waals surface area contributed by atoms with E-state index in [2.05, 4.69) is 12.2 Å². The molecule has 2 radical (unpaired) electrons. The minimum absolute atomic E-state index is 0.0776. The van der Waals surface area contributed by atoms with Crippen molar-refractivity contribution in [2.75, 3.05) is 13.1 Å². The van der Waals surface area contributed by atoms with Crippen molar-refractivity contribution in [3.63, 3.8) is 0 Å². The summed E-state index contributed by atoms with van der Waals surface area (Å²) >= 11 is 0. The maximum absolute atomic E-state index is 11.6. The van der Waals surface area contributed by atoms with Gasteiger partial charge >= 0.3 is 0 Å². The first-order valence-corrected chi connectivity index (χ1v) is 7.42. The predicted molar refractivity (Wildman–Crippen MR) is 77.2 cm³/mol. The minimum Gasteiger partial charge on any atom is -0.356 e. The van der Waals surface area contributed by atoms with Crippen molar-refractivity contribution in [2.24, 2.45) is 0 Å². The molecule has 0 bridgehead atoms. The Labute approximate surface area is 121 Å². The lowest BCUT2D eigenvalue weighted by atomic mass is 9.86. The van der Waals surface area contributed by atoms with Crippen LogP contribution in [0.2, 0.25) is 5.82 Å². The monoisotopic (exact) mass is 278 g/mol. The first-order valence-electron chi connectivity index (χ1n) is 7.42. The topological polar surface area (TPSA) is 66.5 Å². The number of rotatable bonds is 9. The number of hydrogen-bond acceptors (Lipinski definition) is 3. The molecule has 110 valence electrons. The summed E-state index contributed by atoms with van der Waals surface area (Å²) in [6, 6.07) is 0. The molecule has 0 saturated carbocycles. The minimum atomic E-state index is -0.660. The number of nitrogens with zero attached hydrogens (tertiary/aromatic N) is 1. The van der Waals surface area contributed by atoms with Gasteiger partial charge in [-0.15, -0.1) is 0 Å². The Morgan fingerprint density at radius 2 is 2.05 bits per heavy atom. The molecule has 1 rings (SSSR count). The Kier molecular flexibility index (Phi) is 7.33. The highest BCUT2D eigenvalue weighted by Gasteiger charge is 2.34. The van der Waals surface area contributed by atoms with Gasteiger partial charge in [-0.05, 0) is 19.3 Å². The lowest BCUT2D eigenvalue weighted by Crippen LogP contribution is -2.30. The molecule has 0 aliphatic carbocycles. The van der Waals surface area contributed by atoms with Crippen LogP contribution in [0.1, 0.15) is 51.9 Å². The van der Waals surface area contributed by atoms with Gasteiger partial charge in [-0.25, -0.2) is 0 Å². The number of carbonyl (C=O) groups is 3. The fraction of sp³-hybridized carbons (Fsp3) is 0.786. The molecular formula is C14H23BN2O3. The summed E-state index contributed by atoms with van der Waals surface area (Å²) < 4.78 is 0. The van der Waals surface area contributed by atoms with E-state index in [9.17, 15) is 14.4 Å². The molecular weight excluding hydrogens is 255 g/mol. The maximum Gasteiger partial charge on any atom is 0.229 e. The molecule has 1 N–H and O–H groups in total. The van der Waals surface area contributed by atoms with Gasteiger partial charge in [0.1, 0.15) is 0 Å². The van der Waals surface area contributed by atoms with E-state index in [1.807, 2.05) is 0 Å². The Morgan fingerprint density at radius 1 is 1.30 bits per heavy atom. The zero-order valence-corrected chi connectivity index (χ0v) is 12.2. The van der Waals surface area contributed by atoms with Crippen molar-refractivity contribution in [2.45, 2.75) is 57.7 Å². The highest BCUT2D eigenvalue weighted by atomic mass is 16.2. The standard InChI is InChI=1S/C14H23BN2O3/c1-2-3-8-16-12(18)7-5-4-6-9-17-13(19)10-11(15)14(17)20/h11H,2-10H2,1H3,(H,16,18). The summed E-state index contributed by atoms with van der Waals surface area (Å²) in [4.78, 5) is 35.7. The van der Waals surface area contributed by atoms with Crippen LogP contribution in [0.5, 0.6) is 0 Å². The molecule has 0 aromatic rings. The Bertz CT molecular complexity index is 360. The summed E-state index contributed by atoms with van der Waals surface area (Å²) in [5.41, 5.74) is 0. The first-order chi connectivity index (χ1) is 9.56. The fourth-order valence-corrected chi connectivity index (χ4v) is 2.17. The summed E-state index contributed by atoms with van der Waals surface area (Å²) in [5.74, 6) is -1.03. The summed E-state index contributed by atoms with van der Waals surface area (Å²) in [6.07, 6.45) is 5.04. The highest BCUT2D eigenvalue weighted by Crippen LogP contribution is 2.21. The van der Waals surface area contributed by atoms with Crippen LogP contribution in [-0.2, 0) is 14.4 Å².